The van der Waals surface area contributed by atoms with E-state index < -0.39 is 0 Å². The van der Waals surface area contributed by atoms with Crippen LogP contribution in [0.2, 0.25) is 0 Å². The molecule has 1 N–H and O–H groups in total. The van der Waals surface area contributed by atoms with E-state index in [1.54, 1.807) is 0 Å². The molecule has 1 heterocycles. The van der Waals surface area contributed by atoms with Crippen LogP contribution < -0.4 is 5.32 Å². The highest BCUT2D eigenvalue weighted by Crippen LogP contribution is 2.31. The van der Waals surface area contributed by atoms with Crippen LogP contribution in [0.3, 0.4) is 0 Å². The van der Waals surface area contributed by atoms with Crippen molar-refractivity contribution in [1.82, 2.24) is 10.2 Å². The minimum absolute atomic E-state index is 0.347. The average Bonchev–Trinajstić information content (AvgIpc) is 2.17. The van der Waals surface area contributed by atoms with E-state index >= 15 is 0 Å². The molecule has 1 atom stereocenters. The van der Waals surface area contributed by atoms with E-state index in [2.05, 4.69) is 31.0 Å². The molecule has 2 heteroatoms. The molecule has 2 aliphatic rings. The first kappa shape index (κ1) is 11.4. The Morgan fingerprint density at radius 3 is 2.40 bits per heavy atom. The average molecular weight is 210 g/mol. The minimum Gasteiger partial charge on any atom is -0.313 e. The largest absolute Gasteiger partial charge is 0.313 e. The molecule has 0 aromatic carbocycles. The van der Waals surface area contributed by atoms with Gasteiger partial charge in [0.05, 0.1) is 0 Å². The van der Waals surface area contributed by atoms with Crippen molar-refractivity contribution in [3.8, 4) is 0 Å². The predicted octanol–water partition coefficient (Wildman–Crippen LogP) is 2.39. The summed E-state index contributed by atoms with van der Waals surface area (Å²) in [5, 5.41) is 3.55. The van der Waals surface area contributed by atoms with Gasteiger partial charge in [-0.2, -0.15) is 0 Å². The molecule has 1 saturated carbocycles. The lowest BCUT2D eigenvalue weighted by molar-refractivity contribution is -0.00945. The normalized spacial score (nSPS) is 34.2. The molecule has 0 aromatic rings. The van der Waals surface area contributed by atoms with E-state index in [9.17, 15) is 0 Å². The predicted molar refractivity (Wildman–Crippen MR) is 65.1 cm³/mol. The van der Waals surface area contributed by atoms with Gasteiger partial charge in [-0.1, -0.05) is 19.3 Å². The molecule has 1 aliphatic heterocycles. The third-order valence-electron chi connectivity index (χ3n) is 4.14. The number of piperazine rings is 1. The van der Waals surface area contributed by atoms with E-state index in [1.165, 1.54) is 38.6 Å². The molecule has 0 bridgehead atoms. The summed E-state index contributed by atoms with van der Waals surface area (Å²) >= 11 is 0. The molecular formula is C13H26N2. The fraction of sp³-hybridized carbons (Fsp3) is 1.00. The number of nitrogens with zero attached hydrogens (tertiary/aromatic N) is 1. The van der Waals surface area contributed by atoms with E-state index in [0.29, 0.717) is 11.6 Å². The summed E-state index contributed by atoms with van der Waals surface area (Å²) in [5.74, 6) is 0. The third-order valence-corrected chi connectivity index (χ3v) is 4.14. The second-order valence-electron chi connectivity index (χ2n) is 5.99. The van der Waals surface area contributed by atoms with Crippen LogP contribution in [0.5, 0.6) is 0 Å². The van der Waals surface area contributed by atoms with E-state index in [0.717, 1.165) is 12.6 Å². The maximum Gasteiger partial charge on any atom is 0.0283 e. The zero-order chi connectivity index (χ0) is 10.9. The second kappa shape index (κ2) is 4.42. The van der Waals surface area contributed by atoms with Crippen molar-refractivity contribution >= 4 is 0 Å². The highest BCUT2D eigenvalue weighted by Gasteiger charge is 2.38. The fourth-order valence-corrected chi connectivity index (χ4v) is 3.59. The maximum atomic E-state index is 3.55. The Morgan fingerprint density at radius 1 is 1.13 bits per heavy atom. The maximum absolute atomic E-state index is 3.55. The minimum atomic E-state index is 0.347. The smallest absolute Gasteiger partial charge is 0.0283 e. The van der Waals surface area contributed by atoms with Gasteiger partial charge >= 0.3 is 0 Å². The molecule has 0 spiro atoms. The van der Waals surface area contributed by atoms with Crippen molar-refractivity contribution in [3.05, 3.63) is 0 Å². The van der Waals surface area contributed by atoms with Crippen molar-refractivity contribution in [1.29, 1.82) is 0 Å². The lowest BCUT2D eigenvalue weighted by Gasteiger charge is -2.52. The summed E-state index contributed by atoms with van der Waals surface area (Å²) in [4.78, 5) is 2.79. The number of hydrogen-bond donors (Lipinski definition) is 1. The van der Waals surface area contributed by atoms with Gasteiger partial charge in [-0.25, -0.2) is 0 Å². The van der Waals surface area contributed by atoms with Crippen molar-refractivity contribution in [2.45, 2.75) is 70.5 Å². The number of hydrogen-bond acceptors (Lipinski definition) is 2. The van der Waals surface area contributed by atoms with Crippen LogP contribution in [0.15, 0.2) is 0 Å². The standard InChI is InChI=1S/C13H26N2/c1-11-9-14-10-13(2,3)15(11)12-7-5-4-6-8-12/h11-12,14H,4-10H2,1-3H3. The Hall–Kier alpha value is -0.0800. The summed E-state index contributed by atoms with van der Waals surface area (Å²) in [5.41, 5.74) is 0.347. The zero-order valence-electron chi connectivity index (χ0n) is 10.6. The lowest BCUT2D eigenvalue weighted by Crippen LogP contribution is -2.65. The molecule has 2 nitrogen and oxygen atoms in total. The van der Waals surface area contributed by atoms with Crippen LogP contribution in [0.25, 0.3) is 0 Å². The molecular weight excluding hydrogens is 184 g/mol. The van der Waals surface area contributed by atoms with Crippen molar-refractivity contribution in [2.75, 3.05) is 13.1 Å². The van der Waals surface area contributed by atoms with Gasteiger partial charge in [0.2, 0.25) is 0 Å². The van der Waals surface area contributed by atoms with Crippen molar-refractivity contribution in [2.24, 2.45) is 0 Å². The highest BCUT2D eigenvalue weighted by atomic mass is 15.3. The molecule has 88 valence electrons. The SMILES string of the molecule is CC1CNCC(C)(C)N1C1CCCCC1. The number of rotatable bonds is 1. The fourth-order valence-electron chi connectivity index (χ4n) is 3.59. The summed E-state index contributed by atoms with van der Waals surface area (Å²) < 4.78 is 0. The zero-order valence-corrected chi connectivity index (χ0v) is 10.6. The summed E-state index contributed by atoms with van der Waals surface area (Å²) in [7, 11) is 0. The van der Waals surface area contributed by atoms with Gasteiger partial charge in [0.1, 0.15) is 0 Å². The summed E-state index contributed by atoms with van der Waals surface area (Å²) in [6.07, 6.45) is 7.19. The highest BCUT2D eigenvalue weighted by molar-refractivity contribution is 4.96. The first-order valence-electron chi connectivity index (χ1n) is 6.60. The van der Waals surface area contributed by atoms with Crippen LogP contribution in [-0.4, -0.2) is 35.6 Å². The van der Waals surface area contributed by atoms with E-state index in [1.807, 2.05) is 0 Å². The van der Waals surface area contributed by atoms with Gasteiger partial charge in [0.25, 0.3) is 0 Å². The van der Waals surface area contributed by atoms with Gasteiger partial charge < -0.3 is 5.32 Å². The van der Waals surface area contributed by atoms with Gasteiger partial charge in [-0.05, 0) is 33.6 Å². The van der Waals surface area contributed by atoms with Gasteiger partial charge in [-0.15, -0.1) is 0 Å². The molecule has 1 saturated heterocycles. The Balaban J connectivity index is 2.08. The Kier molecular flexibility index (Phi) is 3.36. The molecule has 15 heavy (non-hydrogen) atoms. The van der Waals surface area contributed by atoms with Gasteiger partial charge in [0.15, 0.2) is 0 Å². The second-order valence-corrected chi connectivity index (χ2v) is 5.99. The molecule has 0 radical (unpaired) electrons. The third kappa shape index (κ3) is 2.36. The van der Waals surface area contributed by atoms with Crippen LogP contribution >= 0.6 is 0 Å². The first-order valence-corrected chi connectivity index (χ1v) is 6.60. The van der Waals surface area contributed by atoms with Crippen molar-refractivity contribution in [3.63, 3.8) is 0 Å². The Morgan fingerprint density at radius 2 is 1.80 bits per heavy atom. The topological polar surface area (TPSA) is 15.3 Å². The number of nitrogens with one attached hydrogen (secondary N) is 1. The van der Waals surface area contributed by atoms with Crippen LogP contribution in [0.4, 0.5) is 0 Å². The molecule has 1 unspecified atom stereocenters. The molecule has 0 amide bonds. The monoisotopic (exact) mass is 210 g/mol. The lowest BCUT2D eigenvalue weighted by atomic mass is 9.87. The molecule has 1 aliphatic carbocycles. The van der Waals surface area contributed by atoms with Crippen LogP contribution in [-0.2, 0) is 0 Å². The first-order chi connectivity index (χ1) is 7.11. The molecule has 2 rings (SSSR count). The molecule has 0 aromatic heterocycles. The van der Waals surface area contributed by atoms with Crippen LogP contribution in [0.1, 0.15) is 52.9 Å². The van der Waals surface area contributed by atoms with Gasteiger partial charge in [0, 0.05) is 30.7 Å². The van der Waals surface area contributed by atoms with Gasteiger partial charge in [-0.3, -0.25) is 4.90 Å². The Bertz CT molecular complexity index is 207. The summed E-state index contributed by atoms with van der Waals surface area (Å²) in [6.45, 7) is 9.48. The Labute approximate surface area is 94.4 Å². The summed E-state index contributed by atoms with van der Waals surface area (Å²) in [6, 6.07) is 1.56. The quantitative estimate of drug-likeness (QED) is 0.715. The van der Waals surface area contributed by atoms with E-state index in [4.69, 9.17) is 0 Å². The van der Waals surface area contributed by atoms with Crippen molar-refractivity contribution < 1.29 is 0 Å². The van der Waals surface area contributed by atoms with E-state index in [-0.39, 0.29) is 0 Å². The van der Waals surface area contributed by atoms with Crippen LogP contribution in [0, 0.1) is 0 Å². The molecule has 2 fully saturated rings.